The molecule has 0 heterocycles. The Hall–Kier alpha value is -1.25. The molecule has 0 saturated carbocycles. The predicted octanol–water partition coefficient (Wildman–Crippen LogP) is 3.13. The van der Waals surface area contributed by atoms with Crippen molar-refractivity contribution in [2.24, 2.45) is 0 Å². The molecular formula is C11H14F6O3. The smallest absolute Gasteiger partial charge is 0.426 e. The number of rotatable bonds is 4. The van der Waals surface area contributed by atoms with E-state index in [1.165, 1.54) is 6.92 Å². The highest BCUT2D eigenvalue weighted by Crippen LogP contribution is 2.47. The van der Waals surface area contributed by atoms with Crippen LogP contribution in [0.2, 0.25) is 0 Å². The molecule has 0 amide bonds. The zero-order valence-corrected chi connectivity index (χ0v) is 10.9. The van der Waals surface area contributed by atoms with Crippen LogP contribution in [0.4, 0.5) is 26.3 Å². The fourth-order valence-electron chi connectivity index (χ4n) is 1.35. The first-order chi connectivity index (χ1) is 8.53. The average molecular weight is 308 g/mol. The summed E-state index contributed by atoms with van der Waals surface area (Å²) in [6.45, 7) is 5.99. The molecular weight excluding hydrogens is 294 g/mol. The third kappa shape index (κ3) is 4.12. The van der Waals surface area contributed by atoms with Gasteiger partial charge in [-0.25, -0.2) is 4.79 Å². The van der Waals surface area contributed by atoms with Gasteiger partial charge in [0, 0.05) is 12.0 Å². The molecule has 1 N–H and O–H groups in total. The maximum atomic E-state index is 12.5. The van der Waals surface area contributed by atoms with E-state index < -0.39 is 35.9 Å². The van der Waals surface area contributed by atoms with Gasteiger partial charge >= 0.3 is 18.3 Å². The number of ether oxygens (including phenoxy) is 1. The van der Waals surface area contributed by atoms with E-state index in [1.807, 2.05) is 0 Å². The van der Waals surface area contributed by atoms with Crippen LogP contribution in [0.15, 0.2) is 12.2 Å². The SMILES string of the molecule is C=C(C)C(=O)OC(C)(C)CC(O)(C(F)(F)F)C(F)(F)F. The molecule has 0 aliphatic carbocycles. The average Bonchev–Trinajstić information content (AvgIpc) is 2.11. The Morgan fingerprint density at radius 2 is 1.45 bits per heavy atom. The zero-order valence-electron chi connectivity index (χ0n) is 10.9. The normalized spacial score (nSPS) is 14.1. The molecule has 0 rings (SSSR count). The molecule has 0 aromatic carbocycles. The first-order valence-electron chi connectivity index (χ1n) is 5.28. The summed E-state index contributed by atoms with van der Waals surface area (Å²) in [7, 11) is 0. The highest BCUT2D eigenvalue weighted by atomic mass is 19.4. The summed E-state index contributed by atoms with van der Waals surface area (Å²) in [6.07, 6.45) is -13.8. The number of alkyl halides is 6. The molecule has 0 radical (unpaired) electrons. The topological polar surface area (TPSA) is 46.5 Å². The molecule has 9 heteroatoms. The van der Waals surface area contributed by atoms with E-state index in [1.54, 1.807) is 0 Å². The van der Waals surface area contributed by atoms with Gasteiger partial charge in [-0.2, -0.15) is 26.3 Å². The lowest BCUT2D eigenvalue weighted by Crippen LogP contribution is -2.60. The van der Waals surface area contributed by atoms with Gasteiger partial charge in [0.05, 0.1) is 0 Å². The summed E-state index contributed by atoms with van der Waals surface area (Å²) in [6, 6.07) is 0. The largest absolute Gasteiger partial charge is 0.456 e. The molecule has 20 heavy (non-hydrogen) atoms. The van der Waals surface area contributed by atoms with Gasteiger partial charge in [0.2, 0.25) is 0 Å². The molecule has 3 nitrogen and oxygen atoms in total. The Kier molecular flexibility index (Phi) is 4.94. The number of carbonyl (C=O) groups is 1. The standard InChI is InChI=1S/C11H14F6O3/c1-6(2)7(18)20-8(3,4)5-9(19,10(12,13)14)11(15,16)17/h19H,1,5H2,2-4H3. The van der Waals surface area contributed by atoms with Crippen molar-refractivity contribution in [1.82, 2.24) is 0 Å². The lowest BCUT2D eigenvalue weighted by Gasteiger charge is -2.38. The van der Waals surface area contributed by atoms with E-state index in [0.29, 0.717) is 0 Å². The Bertz CT molecular complexity index is 380. The van der Waals surface area contributed by atoms with Gasteiger partial charge < -0.3 is 9.84 Å². The third-order valence-corrected chi connectivity index (χ3v) is 2.34. The first kappa shape index (κ1) is 18.8. The van der Waals surface area contributed by atoms with Crippen LogP contribution in [0.3, 0.4) is 0 Å². The highest BCUT2D eigenvalue weighted by Gasteiger charge is 2.71. The fourth-order valence-corrected chi connectivity index (χ4v) is 1.35. The molecule has 118 valence electrons. The number of esters is 1. The van der Waals surface area contributed by atoms with E-state index in [0.717, 1.165) is 13.8 Å². The van der Waals surface area contributed by atoms with Gasteiger partial charge in [0.1, 0.15) is 5.60 Å². The van der Waals surface area contributed by atoms with E-state index in [2.05, 4.69) is 11.3 Å². The van der Waals surface area contributed by atoms with Crippen LogP contribution in [-0.2, 0) is 9.53 Å². The maximum Gasteiger partial charge on any atom is 0.426 e. The number of hydrogen-bond acceptors (Lipinski definition) is 3. The monoisotopic (exact) mass is 308 g/mol. The molecule has 0 atom stereocenters. The summed E-state index contributed by atoms with van der Waals surface area (Å²) in [5.41, 5.74) is -7.37. The molecule has 0 unspecified atom stereocenters. The molecule has 0 aliphatic heterocycles. The second-order valence-corrected chi connectivity index (χ2v) is 4.96. The maximum absolute atomic E-state index is 12.5. The Labute approximate surface area is 111 Å². The minimum Gasteiger partial charge on any atom is -0.456 e. The van der Waals surface area contributed by atoms with Crippen molar-refractivity contribution in [3.05, 3.63) is 12.2 Å². The summed E-state index contributed by atoms with van der Waals surface area (Å²) in [4.78, 5) is 11.2. The molecule has 0 bridgehead atoms. The second kappa shape index (κ2) is 5.27. The summed E-state index contributed by atoms with van der Waals surface area (Å²) in [5.74, 6) is -1.15. The van der Waals surface area contributed by atoms with Crippen LogP contribution in [0, 0.1) is 0 Å². The number of aliphatic hydroxyl groups is 1. The second-order valence-electron chi connectivity index (χ2n) is 4.96. The fraction of sp³-hybridized carbons (Fsp3) is 0.727. The van der Waals surface area contributed by atoms with Gasteiger partial charge in [-0.05, 0) is 20.8 Å². The minimum atomic E-state index is -5.96. The number of halogens is 6. The summed E-state index contributed by atoms with van der Waals surface area (Å²) >= 11 is 0. The van der Waals surface area contributed by atoms with Crippen LogP contribution >= 0.6 is 0 Å². The van der Waals surface area contributed by atoms with Gasteiger partial charge in [-0.15, -0.1) is 0 Å². The molecule has 0 saturated heterocycles. The van der Waals surface area contributed by atoms with Crippen molar-refractivity contribution < 1.29 is 41.0 Å². The molecule has 0 aromatic rings. The summed E-state index contributed by atoms with van der Waals surface area (Å²) < 4.78 is 79.5. The van der Waals surface area contributed by atoms with Crippen LogP contribution in [-0.4, -0.2) is 34.6 Å². The van der Waals surface area contributed by atoms with Crippen LogP contribution in [0.1, 0.15) is 27.2 Å². The van der Waals surface area contributed by atoms with Crippen molar-refractivity contribution in [2.75, 3.05) is 0 Å². The third-order valence-electron chi connectivity index (χ3n) is 2.34. The molecule has 0 spiro atoms. The minimum absolute atomic E-state index is 0.194. The molecule has 0 aromatic heterocycles. The first-order valence-corrected chi connectivity index (χ1v) is 5.28. The number of hydrogen-bond donors (Lipinski definition) is 1. The summed E-state index contributed by atoms with van der Waals surface area (Å²) in [5, 5.41) is 9.01. The Morgan fingerprint density at radius 1 is 1.10 bits per heavy atom. The van der Waals surface area contributed by atoms with Crippen LogP contribution in [0.25, 0.3) is 0 Å². The zero-order chi connectivity index (χ0) is 16.6. The van der Waals surface area contributed by atoms with Gasteiger partial charge in [0.25, 0.3) is 5.60 Å². The van der Waals surface area contributed by atoms with Crippen LogP contribution in [0.5, 0.6) is 0 Å². The lowest BCUT2D eigenvalue weighted by atomic mass is 9.88. The van der Waals surface area contributed by atoms with Crippen molar-refractivity contribution in [3.63, 3.8) is 0 Å². The Balaban J connectivity index is 5.39. The highest BCUT2D eigenvalue weighted by molar-refractivity contribution is 5.87. The molecule has 0 aliphatic rings. The van der Waals surface area contributed by atoms with Gasteiger partial charge in [0.15, 0.2) is 0 Å². The van der Waals surface area contributed by atoms with E-state index >= 15 is 0 Å². The van der Waals surface area contributed by atoms with E-state index in [4.69, 9.17) is 5.11 Å². The predicted molar refractivity (Wildman–Crippen MR) is 56.7 cm³/mol. The van der Waals surface area contributed by atoms with Crippen molar-refractivity contribution in [1.29, 1.82) is 0 Å². The number of carbonyl (C=O) groups excluding carboxylic acids is 1. The lowest BCUT2D eigenvalue weighted by molar-refractivity contribution is -0.377. The molecule has 0 fully saturated rings. The van der Waals surface area contributed by atoms with E-state index in [-0.39, 0.29) is 5.57 Å². The Morgan fingerprint density at radius 3 is 1.70 bits per heavy atom. The van der Waals surface area contributed by atoms with Gasteiger partial charge in [-0.3, -0.25) is 0 Å². The van der Waals surface area contributed by atoms with Gasteiger partial charge in [-0.1, -0.05) is 6.58 Å². The van der Waals surface area contributed by atoms with Crippen molar-refractivity contribution in [3.8, 4) is 0 Å². The van der Waals surface area contributed by atoms with Crippen molar-refractivity contribution in [2.45, 2.75) is 50.7 Å². The van der Waals surface area contributed by atoms with E-state index in [9.17, 15) is 31.1 Å². The quantitative estimate of drug-likeness (QED) is 0.493. The van der Waals surface area contributed by atoms with Crippen LogP contribution < -0.4 is 0 Å². The van der Waals surface area contributed by atoms with Crippen molar-refractivity contribution >= 4 is 5.97 Å².